The van der Waals surface area contributed by atoms with Gasteiger partial charge in [0.05, 0.1) is 11.3 Å². The lowest BCUT2D eigenvalue weighted by Gasteiger charge is -2.21. The number of carbonyl (C=O) groups excluding carboxylic acids is 1. The standard InChI is InChI=1S/C23H20F3N3O/c1-15-18(10-11-21(27-15)23(24,25)26)22(30)28-19-8-4-2-7-17(19)14-29-13-12-16-6-3-5-9-20(16)29/h2-11H,12-14H2,1H3,(H,28,30). The number of aryl methyl sites for hydroxylation is 1. The van der Waals surface area contributed by atoms with E-state index in [0.717, 1.165) is 24.6 Å². The van der Waals surface area contributed by atoms with Gasteiger partial charge in [-0.3, -0.25) is 4.79 Å². The van der Waals surface area contributed by atoms with Crippen LogP contribution < -0.4 is 10.2 Å². The number of benzene rings is 2. The van der Waals surface area contributed by atoms with Crippen molar-refractivity contribution >= 4 is 17.3 Å². The number of hydrogen-bond acceptors (Lipinski definition) is 3. The molecule has 1 aliphatic heterocycles. The van der Waals surface area contributed by atoms with Crippen molar-refractivity contribution in [3.63, 3.8) is 0 Å². The summed E-state index contributed by atoms with van der Waals surface area (Å²) in [7, 11) is 0. The molecule has 30 heavy (non-hydrogen) atoms. The van der Waals surface area contributed by atoms with Gasteiger partial charge in [-0.1, -0.05) is 36.4 Å². The van der Waals surface area contributed by atoms with Crippen molar-refractivity contribution in [1.29, 1.82) is 0 Å². The Morgan fingerprint density at radius 2 is 1.80 bits per heavy atom. The van der Waals surface area contributed by atoms with Crippen molar-refractivity contribution in [2.45, 2.75) is 26.1 Å². The molecule has 0 fully saturated rings. The van der Waals surface area contributed by atoms with Gasteiger partial charge >= 0.3 is 6.18 Å². The number of carbonyl (C=O) groups is 1. The maximum absolute atomic E-state index is 12.8. The van der Waals surface area contributed by atoms with Crippen LogP contribution in [0.2, 0.25) is 0 Å². The highest BCUT2D eigenvalue weighted by atomic mass is 19.4. The SMILES string of the molecule is Cc1nc(C(F)(F)F)ccc1C(=O)Nc1ccccc1CN1CCc2ccccc21. The fraction of sp³-hybridized carbons (Fsp3) is 0.217. The lowest BCUT2D eigenvalue weighted by Crippen LogP contribution is -2.22. The third kappa shape index (κ3) is 4.01. The lowest BCUT2D eigenvalue weighted by atomic mass is 10.1. The first-order chi connectivity index (χ1) is 14.3. The van der Waals surface area contributed by atoms with Crippen molar-refractivity contribution in [2.75, 3.05) is 16.8 Å². The van der Waals surface area contributed by atoms with Crippen LogP contribution in [-0.4, -0.2) is 17.4 Å². The zero-order chi connectivity index (χ0) is 21.3. The van der Waals surface area contributed by atoms with Crippen molar-refractivity contribution in [3.05, 3.63) is 88.7 Å². The second kappa shape index (κ2) is 7.82. The van der Waals surface area contributed by atoms with Gasteiger partial charge in [0.1, 0.15) is 5.69 Å². The summed E-state index contributed by atoms with van der Waals surface area (Å²) < 4.78 is 38.5. The van der Waals surface area contributed by atoms with E-state index in [1.165, 1.54) is 24.2 Å². The van der Waals surface area contributed by atoms with Crippen molar-refractivity contribution in [3.8, 4) is 0 Å². The molecule has 154 valence electrons. The number of amides is 1. The molecule has 0 atom stereocenters. The average molecular weight is 411 g/mol. The molecule has 3 aromatic rings. The van der Waals surface area contributed by atoms with Crippen molar-refractivity contribution in [2.24, 2.45) is 0 Å². The molecule has 1 N–H and O–H groups in total. The summed E-state index contributed by atoms with van der Waals surface area (Å²) >= 11 is 0. The van der Waals surface area contributed by atoms with E-state index >= 15 is 0 Å². The van der Waals surface area contributed by atoms with E-state index in [1.807, 2.05) is 30.3 Å². The van der Waals surface area contributed by atoms with E-state index in [0.29, 0.717) is 12.2 Å². The number of halogens is 3. The average Bonchev–Trinajstić information content (AvgIpc) is 3.11. The van der Waals surface area contributed by atoms with Gasteiger partial charge in [-0.25, -0.2) is 4.98 Å². The quantitative estimate of drug-likeness (QED) is 0.640. The van der Waals surface area contributed by atoms with Gasteiger partial charge in [-0.2, -0.15) is 13.2 Å². The smallest absolute Gasteiger partial charge is 0.367 e. The Bertz CT molecular complexity index is 1100. The second-order valence-electron chi connectivity index (χ2n) is 7.24. The van der Waals surface area contributed by atoms with Gasteiger partial charge in [-0.15, -0.1) is 0 Å². The topological polar surface area (TPSA) is 45.2 Å². The van der Waals surface area contributed by atoms with E-state index in [-0.39, 0.29) is 11.3 Å². The summed E-state index contributed by atoms with van der Waals surface area (Å²) in [5.41, 5.74) is 3.18. The molecule has 1 aliphatic rings. The van der Waals surface area contributed by atoms with Crippen LogP contribution in [0.5, 0.6) is 0 Å². The molecule has 4 rings (SSSR count). The van der Waals surface area contributed by atoms with Crippen LogP contribution in [0.1, 0.15) is 32.9 Å². The van der Waals surface area contributed by atoms with Gasteiger partial charge < -0.3 is 10.2 Å². The third-order valence-corrected chi connectivity index (χ3v) is 5.23. The molecular formula is C23H20F3N3O. The minimum Gasteiger partial charge on any atom is -0.367 e. The van der Waals surface area contributed by atoms with Crippen LogP contribution in [0.3, 0.4) is 0 Å². The van der Waals surface area contributed by atoms with Gasteiger partial charge in [0.25, 0.3) is 5.91 Å². The van der Waals surface area contributed by atoms with Crippen LogP contribution in [0.25, 0.3) is 0 Å². The minimum atomic E-state index is -4.54. The Hall–Kier alpha value is -3.35. The van der Waals surface area contributed by atoms with Gasteiger partial charge in [0.15, 0.2) is 0 Å². The Labute approximate surface area is 172 Å². The maximum atomic E-state index is 12.8. The van der Waals surface area contributed by atoms with Gasteiger partial charge in [-0.05, 0) is 48.7 Å². The number of anilines is 2. The van der Waals surface area contributed by atoms with Crippen LogP contribution in [-0.2, 0) is 19.1 Å². The molecule has 2 heterocycles. The van der Waals surface area contributed by atoms with E-state index in [9.17, 15) is 18.0 Å². The zero-order valence-electron chi connectivity index (χ0n) is 16.3. The van der Waals surface area contributed by atoms with Crippen LogP contribution in [0.4, 0.5) is 24.5 Å². The van der Waals surface area contributed by atoms with E-state index in [4.69, 9.17) is 0 Å². The Morgan fingerprint density at radius 3 is 2.57 bits per heavy atom. The van der Waals surface area contributed by atoms with Crippen molar-refractivity contribution in [1.82, 2.24) is 4.98 Å². The summed E-state index contributed by atoms with van der Waals surface area (Å²) in [6.07, 6.45) is -3.57. The maximum Gasteiger partial charge on any atom is 0.433 e. The molecule has 4 nitrogen and oxygen atoms in total. The third-order valence-electron chi connectivity index (χ3n) is 5.23. The molecule has 0 spiro atoms. The number of para-hydroxylation sites is 2. The number of nitrogens with zero attached hydrogens (tertiary/aromatic N) is 2. The van der Waals surface area contributed by atoms with Gasteiger partial charge in [0.2, 0.25) is 0 Å². The molecule has 0 bridgehead atoms. The Kier molecular flexibility index (Phi) is 5.20. The lowest BCUT2D eigenvalue weighted by molar-refractivity contribution is -0.141. The minimum absolute atomic E-state index is 0.0354. The summed E-state index contributed by atoms with van der Waals surface area (Å²) in [5, 5.41) is 2.84. The zero-order valence-corrected chi connectivity index (χ0v) is 16.3. The van der Waals surface area contributed by atoms with Gasteiger partial charge in [0, 0.05) is 24.5 Å². The van der Waals surface area contributed by atoms with E-state index in [2.05, 4.69) is 27.3 Å². The molecule has 7 heteroatoms. The molecule has 0 saturated heterocycles. The normalized spacial score (nSPS) is 13.3. The number of hydrogen-bond donors (Lipinski definition) is 1. The summed E-state index contributed by atoms with van der Waals surface area (Å²) in [6, 6.07) is 17.7. The predicted octanol–water partition coefficient (Wildman–Crippen LogP) is 5.22. The highest BCUT2D eigenvalue weighted by molar-refractivity contribution is 6.05. The van der Waals surface area contributed by atoms with Crippen LogP contribution >= 0.6 is 0 Å². The highest BCUT2D eigenvalue weighted by Gasteiger charge is 2.33. The molecule has 0 aliphatic carbocycles. The second-order valence-corrected chi connectivity index (χ2v) is 7.24. The van der Waals surface area contributed by atoms with Crippen molar-refractivity contribution < 1.29 is 18.0 Å². The molecule has 1 amide bonds. The van der Waals surface area contributed by atoms with Crippen LogP contribution in [0.15, 0.2) is 60.7 Å². The number of aromatic nitrogens is 1. The molecule has 0 saturated carbocycles. The summed E-state index contributed by atoms with van der Waals surface area (Å²) in [6.45, 7) is 2.92. The first-order valence-corrected chi connectivity index (χ1v) is 9.60. The molecular weight excluding hydrogens is 391 g/mol. The number of pyridine rings is 1. The molecule has 1 aromatic heterocycles. The number of rotatable bonds is 4. The number of fused-ring (bicyclic) bond motifs is 1. The number of alkyl halides is 3. The fourth-order valence-corrected chi connectivity index (χ4v) is 3.71. The largest absolute Gasteiger partial charge is 0.433 e. The first kappa shape index (κ1) is 19.9. The fourth-order valence-electron chi connectivity index (χ4n) is 3.71. The predicted molar refractivity (Wildman–Crippen MR) is 110 cm³/mol. The molecule has 2 aromatic carbocycles. The number of nitrogens with one attached hydrogen (secondary N) is 1. The summed E-state index contributed by atoms with van der Waals surface area (Å²) in [4.78, 5) is 18.5. The molecule has 0 unspecified atom stereocenters. The van der Waals surface area contributed by atoms with Crippen LogP contribution in [0, 0.1) is 6.92 Å². The molecule has 0 radical (unpaired) electrons. The monoisotopic (exact) mass is 411 g/mol. The Balaban J connectivity index is 1.54. The first-order valence-electron chi connectivity index (χ1n) is 9.60. The Morgan fingerprint density at radius 1 is 1.07 bits per heavy atom. The highest BCUT2D eigenvalue weighted by Crippen LogP contribution is 2.31. The van der Waals surface area contributed by atoms with E-state index < -0.39 is 17.8 Å². The summed E-state index contributed by atoms with van der Waals surface area (Å²) in [5.74, 6) is -0.483. The van der Waals surface area contributed by atoms with E-state index in [1.54, 1.807) is 6.07 Å².